The molecule has 0 aliphatic carbocycles. The number of carbonyl (C=O) groups excluding carboxylic acids is 1. The van der Waals surface area contributed by atoms with Gasteiger partial charge in [0, 0.05) is 13.6 Å². The molecule has 0 radical (unpaired) electrons. The van der Waals surface area contributed by atoms with Crippen LogP contribution in [-0.4, -0.2) is 50.4 Å². The Labute approximate surface area is 182 Å². The number of rotatable bonds is 8. The Bertz CT molecular complexity index is 998. The van der Waals surface area contributed by atoms with Crippen LogP contribution in [0.2, 0.25) is 10.0 Å². The zero-order valence-electron chi connectivity index (χ0n) is 15.9. The van der Waals surface area contributed by atoms with Gasteiger partial charge < -0.3 is 9.64 Å². The zero-order chi connectivity index (χ0) is 20.8. The summed E-state index contributed by atoms with van der Waals surface area (Å²) in [5, 5.41) is 13.3. The molecule has 3 aromatic rings. The molecule has 1 aromatic heterocycles. The molecule has 1 heterocycles. The van der Waals surface area contributed by atoms with E-state index >= 15 is 0 Å². The smallest absolute Gasteiger partial charge is 0.233 e. The third kappa shape index (κ3) is 5.41. The second-order valence-electron chi connectivity index (χ2n) is 6.06. The van der Waals surface area contributed by atoms with E-state index < -0.39 is 0 Å². The van der Waals surface area contributed by atoms with Gasteiger partial charge in [-0.3, -0.25) is 4.79 Å². The van der Waals surface area contributed by atoms with Crippen molar-refractivity contribution in [3.8, 4) is 11.4 Å². The van der Waals surface area contributed by atoms with E-state index in [4.69, 9.17) is 27.9 Å². The van der Waals surface area contributed by atoms with Crippen LogP contribution in [-0.2, 0) is 11.3 Å². The molecule has 152 valence electrons. The lowest BCUT2D eigenvalue weighted by molar-refractivity contribution is -0.127. The van der Waals surface area contributed by atoms with E-state index in [1.165, 1.54) is 11.8 Å². The minimum Gasteiger partial charge on any atom is -0.492 e. The van der Waals surface area contributed by atoms with Crippen molar-refractivity contribution in [1.29, 1.82) is 0 Å². The highest BCUT2D eigenvalue weighted by Crippen LogP contribution is 2.26. The molecule has 7 nitrogen and oxygen atoms in total. The van der Waals surface area contributed by atoms with E-state index in [9.17, 15) is 4.79 Å². The van der Waals surface area contributed by atoms with Crippen LogP contribution in [0.5, 0.6) is 5.75 Å². The Hall–Kier alpha value is -2.29. The summed E-state index contributed by atoms with van der Waals surface area (Å²) >= 11 is 13.2. The number of hydrogen-bond donors (Lipinski definition) is 0. The highest BCUT2D eigenvalue weighted by molar-refractivity contribution is 7.99. The molecule has 0 N–H and O–H groups in total. The first-order valence-electron chi connectivity index (χ1n) is 8.81. The monoisotopic (exact) mass is 451 g/mol. The third-order valence-corrected chi connectivity index (χ3v) is 5.63. The maximum Gasteiger partial charge on any atom is 0.233 e. The number of halogens is 2. The third-order valence-electron chi connectivity index (χ3n) is 3.99. The molecule has 3 rings (SSSR count). The van der Waals surface area contributed by atoms with Gasteiger partial charge in [-0.1, -0.05) is 53.2 Å². The molecule has 29 heavy (non-hydrogen) atoms. The predicted molar refractivity (Wildman–Crippen MR) is 114 cm³/mol. The maximum absolute atomic E-state index is 12.6. The van der Waals surface area contributed by atoms with Crippen molar-refractivity contribution in [2.24, 2.45) is 0 Å². The molecule has 0 fully saturated rings. The Kier molecular flexibility index (Phi) is 7.35. The quantitative estimate of drug-likeness (QED) is 0.479. The fourth-order valence-electron chi connectivity index (χ4n) is 2.57. The fraction of sp³-hybridized carbons (Fsp3) is 0.263. The van der Waals surface area contributed by atoms with Crippen LogP contribution in [0.25, 0.3) is 5.69 Å². The molecule has 10 heteroatoms. The number of aromatic nitrogens is 4. The molecule has 0 spiro atoms. The zero-order valence-corrected chi connectivity index (χ0v) is 18.2. The van der Waals surface area contributed by atoms with Crippen molar-refractivity contribution in [3.05, 3.63) is 58.1 Å². The molecule has 0 saturated heterocycles. The molecule has 0 aliphatic heterocycles. The normalized spacial score (nSPS) is 10.8. The number of amides is 1. The number of thioether (sulfide) groups is 1. The number of hydrogen-bond acceptors (Lipinski definition) is 6. The van der Waals surface area contributed by atoms with Gasteiger partial charge in [0.25, 0.3) is 0 Å². The van der Waals surface area contributed by atoms with Crippen LogP contribution in [0.15, 0.2) is 47.6 Å². The van der Waals surface area contributed by atoms with Gasteiger partial charge in [0.2, 0.25) is 11.1 Å². The van der Waals surface area contributed by atoms with Gasteiger partial charge in [0.15, 0.2) is 0 Å². The lowest BCUT2D eigenvalue weighted by Gasteiger charge is -2.17. The molecule has 0 saturated carbocycles. The SMILES string of the molecule is CCOc1ccccc1-n1nnnc1SCC(=O)N(C)Cc1ccc(Cl)c(Cl)c1. The van der Waals surface area contributed by atoms with Crippen LogP contribution in [0.4, 0.5) is 0 Å². The van der Waals surface area contributed by atoms with E-state index in [0.29, 0.717) is 34.1 Å². The number of benzene rings is 2. The first kappa shape index (κ1) is 21.4. The lowest BCUT2D eigenvalue weighted by atomic mass is 10.2. The Morgan fingerprint density at radius 2 is 2.00 bits per heavy atom. The van der Waals surface area contributed by atoms with Crippen LogP contribution in [0, 0.1) is 0 Å². The van der Waals surface area contributed by atoms with Crippen molar-refractivity contribution in [3.63, 3.8) is 0 Å². The maximum atomic E-state index is 12.6. The van der Waals surface area contributed by atoms with Crippen LogP contribution in [0.3, 0.4) is 0 Å². The molecule has 2 aromatic carbocycles. The number of para-hydroxylation sites is 2. The minimum atomic E-state index is -0.0614. The summed E-state index contributed by atoms with van der Waals surface area (Å²) in [4.78, 5) is 14.2. The summed E-state index contributed by atoms with van der Waals surface area (Å²) < 4.78 is 7.21. The minimum absolute atomic E-state index is 0.0614. The molecular formula is C19H19Cl2N5O2S. The molecule has 1 amide bonds. The molecule has 0 bridgehead atoms. The van der Waals surface area contributed by atoms with E-state index in [-0.39, 0.29) is 11.7 Å². The summed E-state index contributed by atoms with van der Waals surface area (Å²) in [6, 6.07) is 12.8. The number of ether oxygens (including phenoxy) is 1. The van der Waals surface area contributed by atoms with Gasteiger partial charge in [0.05, 0.1) is 22.4 Å². The van der Waals surface area contributed by atoms with Gasteiger partial charge in [-0.05, 0) is 47.2 Å². The molecule has 0 aliphatic rings. The molecular weight excluding hydrogens is 433 g/mol. The van der Waals surface area contributed by atoms with Crippen molar-refractivity contribution >= 4 is 40.9 Å². The van der Waals surface area contributed by atoms with Crippen molar-refractivity contribution in [2.75, 3.05) is 19.4 Å². The van der Waals surface area contributed by atoms with Gasteiger partial charge in [-0.15, -0.1) is 5.10 Å². The summed E-state index contributed by atoms with van der Waals surface area (Å²) in [6.45, 7) is 2.86. The summed E-state index contributed by atoms with van der Waals surface area (Å²) in [6.07, 6.45) is 0. The number of carbonyl (C=O) groups is 1. The van der Waals surface area contributed by atoms with Gasteiger partial charge in [-0.2, -0.15) is 4.68 Å². The first-order valence-corrected chi connectivity index (χ1v) is 10.5. The average Bonchev–Trinajstić information content (AvgIpc) is 3.18. The van der Waals surface area contributed by atoms with Crippen molar-refractivity contribution in [2.45, 2.75) is 18.6 Å². The first-order chi connectivity index (χ1) is 14.0. The van der Waals surface area contributed by atoms with E-state index in [1.54, 1.807) is 28.8 Å². The number of nitrogens with zero attached hydrogens (tertiary/aromatic N) is 5. The topological polar surface area (TPSA) is 73.1 Å². The van der Waals surface area contributed by atoms with E-state index in [0.717, 1.165) is 11.3 Å². The van der Waals surface area contributed by atoms with Gasteiger partial charge in [-0.25, -0.2) is 0 Å². The van der Waals surface area contributed by atoms with Crippen LogP contribution >= 0.6 is 35.0 Å². The van der Waals surface area contributed by atoms with E-state index in [1.807, 2.05) is 37.3 Å². The highest BCUT2D eigenvalue weighted by Gasteiger charge is 2.17. The Morgan fingerprint density at radius 3 is 2.76 bits per heavy atom. The second-order valence-corrected chi connectivity index (χ2v) is 7.82. The van der Waals surface area contributed by atoms with Crippen LogP contribution < -0.4 is 4.74 Å². The largest absolute Gasteiger partial charge is 0.492 e. The van der Waals surface area contributed by atoms with Crippen LogP contribution in [0.1, 0.15) is 12.5 Å². The van der Waals surface area contributed by atoms with E-state index in [2.05, 4.69) is 15.5 Å². The standard InChI is InChI=1S/C19H19Cl2N5O2S/c1-3-28-17-7-5-4-6-16(17)26-19(22-23-24-26)29-12-18(27)25(2)11-13-8-9-14(20)15(21)10-13/h4-10H,3,11-12H2,1-2H3. The second kappa shape index (κ2) is 9.96. The highest BCUT2D eigenvalue weighted by atomic mass is 35.5. The Morgan fingerprint density at radius 1 is 1.21 bits per heavy atom. The predicted octanol–water partition coefficient (Wildman–Crippen LogP) is 4.12. The summed E-state index contributed by atoms with van der Waals surface area (Å²) in [5.41, 5.74) is 1.62. The summed E-state index contributed by atoms with van der Waals surface area (Å²) in [5.74, 6) is 0.801. The van der Waals surface area contributed by atoms with Crippen molar-refractivity contribution < 1.29 is 9.53 Å². The average molecular weight is 452 g/mol. The molecule has 0 unspecified atom stereocenters. The van der Waals surface area contributed by atoms with Crippen molar-refractivity contribution in [1.82, 2.24) is 25.1 Å². The lowest BCUT2D eigenvalue weighted by Crippen LogP contribution is -2.27. The fourth-order valence-corrected chi connectivity index (χ4v) is 3.71. The van der Waals surface area contributed by atoms with Gasteiger partial charge in [0.1, 0.15) is 11.4 Å². The Balaban J connectivity index is 1.65. The summed E-state index contributed by atoms with van der Waals surface area (Å²) in [7, 11) is 1.73. The molecule has 0 atom stereocenters. The number of tetrazole rings is 1. The van der Waals surface area contributed by atoms with Gasteiger partial charge >= 0.3 is 0 Å².